The lowest BCUT2D eigenvalue weighted by Gasteiger charge is -2.25. The van der Waals surface area contributed by atoms with Crippen LogP contribution >= 0.6 is 0 Å². The van der Waals surface area contributed by atoms with Gasteiger partial charge in [-0.15, -0.1) is 0 Å². The molecule has 0 spiro atoms. The minimum absolute atomic E-state index is 0.0295. The maximum Gasteiger partial charge on any atom is 0.419 e. The van der Waals surface area contributed by atoms with E-state index in [0.29, 0.717) is 22.9 Å². The van der Waals surface area contributed by atoms with Crippen LogP contribution in [0.4, 0.5) is 23.4 Å². The first-order chi connectivity index (χ1) is 12.2. The van der Waals surface area contributed by atoms with Gasteiger partial charge in [-0.2, -0.15) is 27.8 Å². The van der Waals surface area contributed by atoms with Gasteiger partial charge in [0, 0.05) is 11.8 Å². The molecule has 1 atom stereocenters. The highest BCUT2D eigenvalue weighted by Crippen LogP contribution is 2.34. The molecule has 0 aliphatic carbocycles. The van der Waals surface area contributed by atoms with Crippen LogP contribution in [0.15, 0.2) is 30.6 Å². The first kappa shape index (κ1) is 18.1. The Morgan fingerprint density at radius 2 is 1.88 bits per heavy atom. The summed E-state index contributed by atoms with van der Waals surface area (Å²) in [4.78, 5) is 8.27. The molecule has 0 amide bonds. The first-order valence-corrected chi connectivity index (χ1v) is 7.97. The molecule has 26 heavy (non-hydrogen) atoms. The van der Waals surface area contributed by atoms with Gasteiger partial charge < -0.3 is 5.32 Å². The molecule has 0 aliphatic heterocycles. The van der Waals surface area contributed by atoms with E-state index in [0.717, 1.165) is 12.1 Å². The summed E-state index contributed by atoms with van der Waals surface area (Å²) in [7, 11) is 0. The predicted octanol–water partition coefficient (Wildman–Crippen LogP) is 4.40. The van der Waals surface area contributed by atoms with E-state index < -0.39 is 23.6 Å². The maximum atomic E-state index is 14.0. The van der Waals surface area contributed by atoms with E-state index in [1.807, 2.05) is 13.8 Å². The Balaban J connectivity index is 2.00. The molecule has 1 N–H and O–H groups in total. The topological polar surface area (TPSA) is 55.1 Å². The molecular weight excluding hydrogens is 350 g/mol. The van der Waals surface area contributed by atoms with E-state index in [1.54, 1.807) is 13.0 Å². The molecule has 2 aromatic heterocycles. The summed E-state index contributed by atoms with van der Waals surface area (Å²) in [6.45, 7) is 5.57. The summed E-state index contributed by atoms with van der Waals surface area (Å²) in [6.07, 6.45) is -3.37. The third-order valence-corrected chi connectivity index (χ3v) is 4.01. The summed E-state index contributed by atoms with van der Waals surface area (Å²) in [5.41, 5.74) is -0.162. The lowest BCUT2D eigenvalue weighted by Crippen LogP contribution is -2.20. The number of benzene rings is 1. The van der Waals surface area contributed by atoms with Crippen molar-refractivity contribution >= 4 is 11.6 Å². The summed E-state index contributed by atoms with van der Waals surface area (Å²) in [5.74, 6) is -0.352. The van der Waals surface area contributed by atoms with Crippen molar-refractivity contribution in [1.29, 1.82) is 0 Å². The highest BCUT2D eigenvalue weighted by atomic mass is 19.4. The second kappa shape index (κ2) is 6.54. The molecule has 5 nitrogen and oxygen atoms in total. The van der Waals surface area contributed by atoms with Gasteiger partial charge in [-0.05, 0) is 30.5 Å². The summed E-state index contributed by atoms with van der Waals surface area (Å²) < 4.78 is 53.8. The van der Waals surface area contributed by atoms with E-state index in [1.165, 1.54) is 16.9 Å². The molecule has 9 heteroatoms. The molecule has 0 saturated carbocycles. The highest BCUT2D eigenvalue weighted by molar-refractivity contribution is 5.47. The number of nitrogens with zero attached hydrogens (tertiary/aromatic N) is 4. The number of fused-ring (bicyclic) bond motifs is 1. The average Bonchev–Trinajstić information content (AvgIpc) is 2.98. The molecule has 138 valence electrons. The zero-order valence-electron chi connectivity index (χ0n) is 14.3. The second-order valence-electron chi connectivity index (χ2n) is 6.36. The Labute approximate surface area is 147 Å². The molecule has 0 fully saturated rings. The molecular formula is C17H17F4N5. The Hall–Kier alpha value is -2.71. The SMILES string of the molecule is Cc1cc(N[C@@H](c2ccc(C(F)(F)F)c(F)c2)C(C)C)n2ncnc2n1. The van der Waals surface area contributed by atoms with Gasteiger partial charge in [0.15, 0.2) is 0 Å². The van der Waals surface area contributed by atoms with Crippen LogP contribution in [0.1, 0.15) is 36.7 Å². The normalized spacial score (nSPS) is 13.4. The van der Waals surface area contributed by atoms with Crippen molar-refractivity contribution in [3.05, 3.63) is 53.2 Å². The number of nitrogens with one attached hydrogen (secondary N) is 1. The largest absolute Gasteiger partial charge is 0.419 e. The van der Waals surface area contributed by atoms with Gasteiger partial charge in [0.05, 0.1) is 11.6 Å². The smallest absolute Gasteiger partial charge is 0.363 e. The van der Waals surface area contributed by atoms with E-state index in [9.17, 15) is 17.6 Å². The van der Waals surface area contributed by atoms with Crippen molar-refractivity contribution in [2.24, 2.45) is 5.92 Å². The van der Waals surface area contributed by atoms with Crippen LogP contribution in [0.25, 0.3) is 5.78 Å². The third-order valence-electron chi connectivity index (χ3n) is 4.01. The van der Waals surface area contributed by atoms with Gasteiger partial charge in [0.1, 0.15) is 18.0 Å². The molecule has 3 rings (SSSR count). The zero-order chi connectivity index (χ0) is 19.1. The summed E-state index contributed by atoms with van der Waals surface area (Å²) >= 11 is 0. The van der Waals surface area contributed by atoms with Crippen molar-refractivity contribution in [2.45, 2.75) is 33.0 Å². The van der Waals surface area contributed by atoms with E-state index in [4.69, 9.17) is 0 Å². The molecule has 1 aromatic carbocycles. The lowest BCUT2D eigenvalue weighted by molar-refractivity contribution is -0.140. The molecule has 0 unspecified atom stereocenters. The number of alkyl halides is 3. The fraction of sp³-hybridized carbons (Fsp3) is 0.353. The number of hydrogen-bond donors (Lipinski definition) is 1. The fourth-order valence-electron chi connectivity index (χ4n) is 2.78. The quantitative estimate of drug-likeness (QED) is 0.695. The highest BCUT2D eigenvalue weighted by Gasteiger charge is 2.34. The van der Waals surface area contributed by atoms with Gasteiger partial charge >= 0.3 is 6.18 Å². The minimum atomic E-state index is -4.72. The fourth-order valence-corrected chi connectivity index (χ4v) is 2.78. The summed E-state index contributed by atoms with van der Waals surface area (Å²) in [5, 5.41) is 7.31. The molecule has 2 heterocycles. The Morgan fingerprint density at radius 1 is 1.15 bits per heavy atom. The number of aromatic nitrogens is 4. The van der Waals surface area contributed by atoms with Gasteiger partial charge in [0.25, 0.3) is 5.78 Å². The van der Waals surface area contributed by atoms with Crippen LogP contribution in [0, 0.1) is 18.7 Å². The van der Waals surface area contributed by atoms with Crippen LogP contribution in [-0.4, -0.2) is 19.6 Å². The number of halogens is 4. The predicted molar refractivity (Wildman–Crippen MR) is 88.1 cm³/mol. The van der Waals surface area contributed by atoms with Crippen LogP contribution in [0.3, 0.4) is 0 Å². The zero-order valence-corrected chi connectivity index (χ0v) is 14.3. The van der Waals surface area contributed by atoms with E-state index in [-0.39, 0.29) is 5.92 Å². The Kier molecular flexibility index (Phi) is 4.55. The minimum Gasteiger partial charge on any atom is -0.363 e. The monoisotopic (exact) mass is 367 g/mol. The number of rotatable bonds is 4. The molecule has 0 radical (unpaired) electrons. The number of aryl methyl sites for hydroxylation is 1. The van der Waals surface area contributed by atoms with Crippen molar-refractivity contribution in [1.82, 2.24) is 19.6 Å². The van der Waals surface area contributed by atoms with Crippen LogP contribution in [0.5, 0.6) is 0 Å². The second-order valence-corrected chi connectivity index (χ2v) is 6.36. The molecule has 0 aliphatic rings. The van der Waals surface area contributed by atoms with Gasteiger partial charge in [0.2, 0.25) is 0 Å². The molecule has 0 bridgehead atoms. The molecule has 3 aromatic rings. The Bertz CT molecular complexity index is 933. The van der Waals surface area contributed by atoms with Crippen molar-refractivity contribution < 1.29 is 17.6 Å². The van der Waals surface area contributed by atoms with Crippen LogP contribution in [0.2, 0.25) is 0 Å². The van der Waals surface area contributed by atoms with Gasteiger partial charge in [-0.3, -0.25) is 0 Å². The van der Waals surface area contributed by atoms with Gasteiger partial charge in [-0.25, -0.2) is 9.37 Å². The molecule has 0 saturated heterocycles. The summed E-state index contributed by atoms with van der Waals surface area (Å²) in [6, 6.07) is 4.30. The van der Waals surface area contributed by atoms with Crippen molar-refractivity contribution in [2.75, 3.05) is 5.32 Å². The first-order valence-electron chi connectivity index (χ1n) is 7.97. The average molecular weight is 367 g/mol. The number of hydrogen-bond acceptors (Lipinski definition) is 4. The Morgan fingerprint density at radius 3 is 2.50 bits per heavy atom. The van der Waals surface area contributed by atoms with Crippen molar-refractivity contribution in [3.63, 3.8) is 0 Å². The lowest BCUT2D eigenvalue weighted by atomic mass is 9.94. The van der Waals surface area contributed by atoms with Crippen molar-refractivity contribution in [3.8, 4) is 0 Å². The standard InChI is InChI=1S/C17H17F4N5/c1-9(2)15(11-4-5-12(13(18)7-11)17(19,20)21)25-14-6-10(3)24-16-22-8-23-26(14)16/h4-9,15,25H,1-3H3/t15-/m1/s1. The van der Waals surface area contributed by atoms with Crippen LogP contribution < -0.4 is 5.32 Å². The van der Waals surface area contributed by atoms with Crippen LogP contribution in [-0.2, 0) is 6.18 Å². The third kappa shape index (κ3) is 3.47. The van der Waals surface area contributed by atoms with Gasteiger partial charge in [-0.1, -0.05) is 19.9 Å². The number of anilines is 1. The van der Waals surface area contributed by atoms with E-state index >= 15 is 0 Å². The maximum absolute atomic E-state index is 14.0. The van der Waals surface area contributed by atoms with E-state index in [2.05, 4.69) is 20.4 Å².